The largest absolute Gasteiger partial charge is 0.387 e. The van der Waals surface area contributed by atoms with Crippen molar-refractivity contribution in [1.29, 1.82) is 0 Å². The molecule has 1 aromatic rings. The zero-order chi connectivity index (χ0) is 11.5. The van der Waals surface area contributed by atoms with E-state index in [1.54, 1.807) is 24.3 Å². The molecule has 0 radical (unpaired) electrons. The van der Waals surface area contributed by atoms with Gasteiger partial charge in [-0.25, -0.2) is 8.42 Å². The van der Waals surface area contributed by atoms with Crippen LogP contribution in [0.4, 0.5) is 5.69 Å². The minimum absolute atomic E-state index is 0.110. The van der Waals surface area contributed by atoms with Gasteiger partial charge in [0.05, 0.1) is 18.2 Å². The van der Waals surface area contributed by atoms with Crippen LogP contribution < -0.4 is 4.72 Å². The van der Waals surface area contributed by atoms with Gasteiger partial charge in [-0.05, 0) is 17.7 Å². The molecule has 4 nitrogen and oxygen atoms in total. The lowest BCUT2D eigenvalue weighted by molar-refractivity contribution is 0.202. The van der Waals surface area contributed by atoms with Gasteiger partial charge in [-0.15, -0.1) is 11.6 Å². The van der Waals surface area contributed by atoms with Gasteiger partial charge in [0.25, 0.3) is 0 Å². The summed E-state index contributed by atoms with van der Waals surface area (Å²) in [6, 6.07) is 6.40. The summed E-state index contributed by atoms with van der Waals surface area (Å²) in [5.74, 6) is 0.110. The Kier molecular flexibility index (Phi) is 3.96. The topological polar surface area (TPSA) is 66.4 Å². The Morgan fingerprint density at radius 2 is 1.93 bits per heavy atom. The molecule has 0 bridgehead atoms. The van der Waals surface area contributed by atoms with E-state index in [1.165, 1.54) is 0 Å². The monoisotopic (exact) mass is 249 g/mol. The molecule has 84 valence electrons. The van der Waals surface area contributed by atoms with Crippen molar-refractivity contribution >= 4 is 27.3 Å². The summed E-state index contributed by atoms with van der Waals surface area (Å²) in [5.41, 5.74) is 1.12. The number of alkyl halides is 1. The number of aliphatic hydroxyl groups excluding tert-OH is 1. The highest BCUT2D eigenvalue weighted by molar-refractivity contribution is 7.92. The predicted octanol–water partition coefficient (Wildman–Crippen LogP) is 1.33. The van der Waals surface area contributed by atoms with Crippen molar-refractivity contribution in [2.24, 2.45) is 0 Å². The summed E-state index contributed by atoms with van der Waals surface area (Å²) in [6.07, 6.45) is 0.355. The molecule has 0 spiro atoms. The van der Waals surface area contributed by atoms with Crippen LogP contribution in [0.1, 0.15) is 11.7 Å². The maximum absolute atomic E-state index is 10.9. The Hall–Kier alpha value is -0.780. The fourth-order valence-electron chi connectivity index (χ4n) is 1.08. The number of aliphatic hydroxyl groups is 1. The molecule has 0 aliphatic carbocycles. The average molecular weight is 250 g/mol. The highest BCUT2D eigenvalue weighted by atomic mass is 35.5. The van der Waals surface area contributed by atoms with Crippen molar-refractivity contribution in [1.82, 2.24) is 0 Å². The molecule has 6 heteroatoms. The third-order valence-corrected chi connectivity index (χ3v) is 2.64. The third kappa shape index (κ3) is 4.07. The SMILES string of the molecule is CS(=O)(=O)Nc1ccc(C(O)CCl)cc1. The van der Waals surface area contributed by atoms with Crippen molar-refractivity contribution < 1.29 is 13.5 Å². The smallest absolute Gasteiger partial charge is 0.229 e. The van der Waals surface area contributed by atoms with E-state index >= 15 is 0 Å². The Morgan fingerprint density at radius 3 is 2.33 bits per heavy atom. The molecule has 15 heavy (non-hydrogen) atoms. The minimum atomic E-state index is -3.25. The number of rotatable bonds is 4. The van der Waals surface area contributed by atoms with Crippen LogP contribution in [0.15, 0.2) is 24.3 Å². The molecule has 1 unspecified atom stereocenters. The van der Waals surface area contributed by atoms with E-state index in [1.807, 2.05) is 0 Å². The van der Waals surface area contributed by atoms with Gasteiger partial charge in [-0.2, -0.15) is 0 Å². The second-order valence-electron chi connectivity index (χ2n) is 3.17. The van der Waals surface area contributed by atoms with Crippen molar-refractivity contribution in [3.8, 4) is 0 Å². The fraction of sp³-hybridized carbons (Fsp3) is 0.333. The third-order valence-electron chi connectivity index (χ3n) is 1.74. The second kappa shape index (κ2) is 4.83. The highest BCUT2D eigenvalue weighted by Crippen LogP contribution is 2.17. The number of nitrogens with one attached hydrogen (secondary N) is 1. The molecular weight excluding hydrogens is 238 g/mol. The number of hydrogen-bond acceptors (Lipinski definition) is 3. The number of halogens is 1. The zero-order valence-electron chi connectivity index (χ0n) is 8.14. The van der Waals surface area contributed by atoms with Gasteiger partial charge in [0.1, 0.15) is 0 Å². The van der Waals surface area contributed by atoms with Gasteiger partial charge in [0.2, 0.25) is 10.0 Å². The van der Waals surface area contributed by atoms with Gasteiger partial charge in [-0.1, -0.05) is 12.1 Å². The lowest BCUT2D eigenvalue weighted by Gasteiger charge is -2.08. The molecule has 0 saturated carbocycles. The molecule has 0 fully saturated rings. The standard InChI is InChI=1S/C9H12ClNO3S/c1-15(13,14)11-8-4-2-7(3-5-8)9(12)6-10/h2-5,9,11-12H,6H2,1H3. The summed E-state index contributed by atoms with van der Waals surface area (Å²) < 4.78 is 24.1. The molecule has 1 aromatic carbocycles. The number of hydrogen-bond donors (Lipinski definition) is 2. The Labute approximate surface area is 93.9 Å². The first-order chi connectivity index (χ1) is 6.92. The van der Waals surface area contributed by atoms with Crippen molar-refractivity contribution in [2.45, 2.75) is 6.10 Å². The molecule has 0 amide bonds. The lowest BCUT2D eigenvalue weighted by Crippen LogP contribution is -2.09. The summed E-state index contributed by atoms with van der Waals surface area (Å²) in [7, 11) is -3.25. The number of anilines is 1. The molecule has 0 heterocycles. The Balaban J connectivity index is 2.81. The summed E-state index contributed by atoms with van der Waals surface area (Å²) in [6.45, 7) is 0. The van der Waals surface area contributed by atoms with E-state index in [-0.39, 0.29) is 5.88 Å². The molecule has 2 N–H and O–H groups in total. The van der Waals surface area contributed by atoms with E-state index < -0.39 is 16.1 Å². The lowest BCUT2D eigenvalue weighted by atomic mass is 10.1. The van der Waals surface area contributed by atoms with Crippen molar-refractivity contribution in [3.63, 3.8) is 0 Å². The van der Waals surface area contributed by atoms with Crippen LogP contribution in [0.2, 0.25) is 0 Å². The van der Waals surface area contributed by atoms with Gasteiger partial charge in [-0.3, -0.25) is 4.72 Å². The number of sulfonamides is 1. The van der Waals surface area contributed by atoms with Crippen LogP contribution in [0.3, 0.4) is 0 Å². The van der Waals surface area contributed by atoms with Crippen LogP contribution in [0.5, 0.6) is 0 Å². The summed E-state index contributed by atoms with van der Waals surface area (Å²) >= 11 is 5.47. The van der Waals surface area contributed by atoms with Gasteiger partial charge < -0.3 is 5.11 Å². The first kappa shape index (κ1) is 12.3. The highest BCUT2D eigenvalue weighted by Gasteiger charge is 2.06. The van der Waals surface area contributed by atoms with Gasteiger partial charge in [0.15, 0.2) is 0 Å². The molecule has 0 aliphatic rings. The second-order valence-corrected chi connectivity index (χ2v) is 5.22. The Bertz CT molecular complexity index is 415. The maximum atomic E-state index is 10.9. The van der Waals surface area contributed by atoms with Crippen LogP contribution in [0.25, 0.3) is 0 Å². The summed E-state index contributed by atoms with van der Waals surface area (Å²) in [5, 5.41) is 9.38. The average Bonchev–Trinajstić information content (AvgIpc) is 2.15. The van der Waals surface area contributed by atoms with Gasteiger partial charge in [0, 0.05) is 5.69 Å². The van der Waals surface area contributed by atoms with E-state index in [4.69, 9.17) is 11.6 Å². The molecular formula is C9H12ClNO3S. The van der Waals surface area contributed by atoms with Crippen LogP contribution in [-0.4, -0.2) is 25.7 Å². The quantitative estimate of drug-likeness (QED) is 0.792. The van der Waals surface area contributed by atoms with Gasteiger partial charge >= 0.3 is 0 Å². The molecule has 1 atom stereocenters. The predicted molar refractivity (Wildman–Crippen MR) is 60.6 cm³/mol. The minimum Gasteiger partial charge on any atom is -0.387 e. The molecule has 0 saturated heterocycles. The van der Waals surface area contributed by atoms with E-state index in [9.17, 15) is 13.5 Å². The van der Waals surface area contributed by atoms with Crippen LogP contribution >= 0.6 is 11.6 Å². The molecule has 0 aromatic heterocycles. The molecule has 0 aliphatic heterocycles. The fourth-order valence-corrected chi connectivity index (χ4v) is 1.82. The maximum Gasteiger partial charge on any atom is 0.229 e. The summed E-state index contributed by atoms with van der Waals surface area (Å²) in [4.78, 5) is 0. The van der Waals surface area contributed by atoms with Crippen LogP contribution in [0, 0.1) is 0 Å². The van der Waals surface area contributed by atoms with Crippen molar-refractivity contribution in [3.05, 3.63) is 29.8 Å². The first-order valence-corrected chi connectivity index (χ1v) is 6.67. The first-order valence-electron chi connectivity index (χ1n) is 4.24. The molecule has 1 rings (SSSR count). The van der Waals surface area contributed by atoms with E-state index in [0.717, 1.165) is 6.26 Å². The van der Waals surface area contributed by atoms with E-state index in [0.29, 0.717) is 11.3 Å². The van der Waals surface area contributed by atoms with Crippen molar-refractivity contribution in [2.75, 3.05) is 16.9 Å². The zero-order valence-corrected chi connectivity index (χ0v) is 9.72. The van der Waals surface area contributed by atoms with Crippen LogP contribution in [-0.2, 0) is 10.0 Å². The van der Waals surface area contributed by atoms with E-state index in [2.05, 4.69) is 4.72 Å². The number of benzene rings is 1. The Morgan fingerprint density at radius 1 is 1.40 bits per heavy atom. The normalized spacial score (nSPS) is 13.5.